The van der Waals surface area contributed by atoms with Crippen molar-refractivity contribution in [1.29, 1.82) is 0 Å². The van der Waals surface area contributed by atoms with E-state index in [1.54, 1.807) is 37.6 Å². The van der Waals surface area contributed by atoms with Crippen molar-refractivity contribution in [1.82, 2.24) is 19.7 Å². The second kappa shape index (κ2) is 8.43. The molecule has 0 saturated carbocycles. The van der Waals surface area contributed by atoms with Gasteiger partial charge in [-0.15, -0.1) is 5.10 Å². The average molecular weight is 417 g/mol. The number of fused-ring (bicyclic) bond motifs is 1. The zero-order valence-electron chi connectivity index (χ0n) is 17.5. The number of H-pyrrole nitrogens is 1. The molecule has 31 heavy (non-hydrogen) atoms. The molecule has 0 radical (unpaired) electrons. The van der Waals surface area contributed by atoms with Gasteiger partial charge >= 0.3 is 0 Å². The second-order valence-corrected chi connectivity index (χ2v) is 7.52. The molecule has 2 heterocycles. The molecule has 0 spiro atoms. The Bertz CT molecular complexity index is 1290. The normalized spacial score (nSPS) is 11.1. The predicted molar refractivity (Wildman–Crippen MR) is 119 cm³/mol. The van der Waals surface area contributed by atoms with Gasteiger partial charge in [-0.1, -0.05) is 44.2 Å². The highest BCUT2D eigenvalue weighted by molar-refractivity contribution is 6.12. The molecule has 0 aliphatic heterocycles. The number of aromatic amines is 1. The van der Waals surface area contributed by atoms with E-state index in [1.165, 1.54) is 4.57 Å². The van der Waals surface area contributed by atoms with E-state index in [4.69, 9.17) is 4.74 Å². The monoisotopic (exact) mass is 417 g/mol. The molecular weight excluding hydrogens is 394 g/mol. The number of methoxy groups -OCH3 is 1. The van der Waals surface area contributed by atoms with Gasteiger partial charge in [-0.3, -0.25) is 20.0 Å². The van der Waals surface area contributed by atoms with Crippen LogP contribution in [0.4, 0.5) is 5.95 Å². The summed E-state index contributed by atoms with van der Waals surface area (Å²) in [5.74, 6) is 1.40. The third-order valence-corrected chi connectivity index (χ3v) is 5.02. The van der Waals surface area contributed by atoms with Gasteiger partial charge in [0.05, 0.1) is 19.2 Å². The molecule has 0 aliphatic rings. The molecule has 0 bridgehead atoms. The third kappa shape index (κ3) is 4.18. The molecule has 4 rings (SSSR count). The molecule has 8 heteroatoms. The first-order chi connectivity index (χ1) is 15.0. The maximum atomic E-state index is 13.1. The number of nitrogens with one attached hydrogen (secondary N) is 2. The molecule has 1 amide bonds. The topological polar surface area (TPSA) is 102 Å². The molecule has 4 aromatic rings. The fourth-order valence-corrected chi connectivity index (χ4v) is 3.33. The molecule has 8 nitrogen and oxygen atoms in total. The molecule has 0 fully saturated rings. The standard InChI is InChI=1S/C23H23N5O3/c1-14(2)20-24-23(27-26-20)25-21(29)19-13-28(12-15-8-10-16(31-3)11-9-15)22(30)18-7-5-4-6-17(18)19/h4-11,13-14H,12H2,1-3H3,(H2,24,25,26,27,29). The van der Waals surface area contributed by atoms with Crippen LogP contribution in [0.25, 0.3) is 10.8 Å². The van der Waals surface area contributed by atoms with Crippen molar-refractivity contribution in [3.8, 4) is 5.75 Å². The summed E-state index contributed by atoms with van der Waals surface area (Å²) in [4.78, 5) is 30.4. The molecule has 2 aromatic carbocycles. The molecular formula is C23H23N5O3. The third-order valence-electron chi connectivity index (χ3n) is 5.02. The van der Waals surface area contributed by atoms with E-state index in [1.807, 2.05) is 38.1 Å². The molecule has 158 valence electrons. The van der Waals surface area contributed by atoms with Crippen LogP contribution in [0, 0.1) is 0 Å². The molecule has 0 atom stereocenters. The molecule has 0 saturated heterocycles. The first-order valence-electron chi connectivity index (χ1n) is 9.95. The summed E-state index contributed by atoms with van der Waals surface area (Å²) in [5.41, 5.74) is 1.13. The fraction of sp³-hybridized carbons (Fsp3) is 0.217. The van der Waals surface area contributed by atoms with E-state index in [9.17, 15) is 9.59 Å². The SMILES string of the molecule is COc1ccc(Cn2cc(C(=O)Nc3n[nH]c(C(C)C)n3)c3ccccc3c2=O)cc1. The molecule has 0 unspecified atom stereocenters. The number of pyridine rings is 1. The minimum atomic E-state index is -0.381. The van der Waals surface area contributed by atoms with Gasteiger partial charge in [0.2, 0.25) is 5.95 Å². The number of aromatic nitrogens is 4. The number of hydrogen-bond donors (Lipinski definition) is 2. The lowest BCUT2D eigenvalue weighted by Gasteiger charge is -2.12. The highest BCUT2D eigenvalue weighted by Gasteiger charge is 2.17. The summed E-state index contributed by atoms with van der Waals surface area (Å²) in [7, 11) is 1.60. The Balaban J connectivity index is 1.72. The molecule has 2 aromatic heterocycles. The lowest BCUT2D eigenvalue weighted by Crippen LogP contribution is -2.24. The van der Waals surface area contributed by atoms with Crippen LogP contribution in [0.15, 0.2) is 59.5 Å². The fourth-order valence-electron chi connectivity index (χ4n) is 3.33. The highest BCUT2D eigenvalue weighted by atomic mass is 16.5. The minimum Gasteiger partial charge on any atom is -0.497 e. The van der Waals surface area contributed by atoms with Crippen molar-refractivity contribution in [2.45, 2.75) is 26.3 Å². The van der Waals surface area contributed by atoms with Crippen LogP contribution in [0.2, 0.25) is 0 Å². The number of rotatable bonds is 6. The first-order valence-corrected chi connectivity index (χ1v) is 9.95. The average Bonchev–Trinajstić information content (AvgIpc) is 3.25. The summed E-state index contributed by atoms with van der Waals surface area (Å²) in [5, 5.41) is 10.7. The van der Waals surface area contributed by atoms with Crippen molar-refractivity contribution in [2.75, 3.05) is 12.4 Å². The molecule has 0 aliphatic carbocycles. The van der Waals surface area contributed by atoms with Crippen LogP contribution in [0.5, 0.6) is 5.75 Å². The number of amides is 1. The van der Waals surface area contributed by atoms with Gasteiger partial charge < -0.3 is 9.30 Å². The first kappa shape index (κ1) is 20.3. The quantitative estimate of drug-likeness (QED) is 0.500. The number of nitrogens with zero attached hydrogens (tertiary/aromatic N) is 3. The predicted octanol–water partition coefficient (Wildman–Crippen LogP) is 3.55. The summed E-state index contributed by atoms with van der Waals surface area (Å²) in [6, 6.07) is 14.5. The van der Waals surface area contributed by atoms with Crippen molar-refractivity contribution in [3.05, 3.63) is 82.0 Å². The Labute approximate surface area is 178 Å². The molecule has 2 N–H and O–H groups in total. The summed E-state index contributed by atoms with van der Waals surface area (Å²) in [6.45, 7) is 4.29. The number of carbonyl (C=O) groups excluding carboxylic acids is 1. The van der Waals surface area contributed by atoms with Crippen molar-refractivity contribution in [2.24, 2.45) is 0 Å². The van der Waals surface area contributed by atoms with E-state index < -0.39 is 0 Å². The van der Waals surface area contributed by atoms with Gasteiger partial charge in [-0.2, -0.15) is 4.98 Å². The summed E-state index contributed by atoms with van der Waals surface area (Å²) in [6.07, 6.45) is 1.58. The number of benzene rings is 2. The van der Waals surface area contributed by atoms with Crippen LogP contribution in [-0.2, 0) is 6.54 Å². The highest BCUT2D eigenvalue weighted by Crippen LogP contribution is 2.19. The van der Waals surface area contributed by atoms with Gasteiger partial charge in [-0.05, 0) is 23.8 Å². The summed E-state index contributed by atoms with van der Waals surface area (Å²) < 4.78 is 6.73. The number of carbonyl (C=O) groups is 1. The summed E-state index contributed by atoms with van der Waals surface area (Å²) >= 11 is 0. The lowest BCUT2D eigenvalue weighted by molar-refractivity contribution is 0.102. The van der Waals surface area contributed by atoms with Gasteiger partial charge in [0.1, 0.15) is 11.6 Å². The maximum Gasteiger partial charge on any atom is 0.260 e. The Morgan fingerprint density at radius 3 is 2.48 bits per heavy atom. The van der Waals surface area contributed by atoms with Gasteiger partial charge in [0.15, 0.2) is 0 Å². The smallest absolute Gasteiger partial charge is 0.260 e. The van der Waals surface area contributed by atoms with E-state index >= 15 is 0 Å². The Morgan fingerprint density at radius 1 is 1.13 bits per heavy atom. The second-order valence-electron chi connectivity index (χ2n) is 7.52. The van der Waals surface area contributed by atoms with E-state index in [0.29, 0.717) is 28.7 Å². The van der Waals surface area contributed by atoms with Gasteiger partial charge in [-0.25, -0.2) is 0 Å². The van der Waals surface area contributed by atoms with E-state index in [-0.39, 0.29) is 23.3 Å². The van der Waals surface area contributed by atoms with Crippen molar-refractivity contribution in [3.63, 3.8) is 0 Å². The Morgan fingerprint density at radius 2 is 1.84 bits per heavy atom. The van der Waals surface area contributed by atoms with Crippen molar-refractivity contribution < 1.29 is 9.53 Å². The maximum absolute atomic E-state index is 13.1. The number of hydrogen-bond acceptors (Lipinski definition) is 5. The minimum absolute atomic E-state index is 0.158. The van der Waals surface area contributed by atoms with Gasteiger partial charge in [0.25, 0.3) is 11.5 Å². The lowest BCUT2D eigenvalue weighted by atomic mass is 10.1. The zero-order chi connectivity index (χ0) is 22.0. The Kier molecular flexibility index (Phi) is 5.53. The zero-order valence-corrected chi connectivity index (χ0v) is 17.5. The number of ether oxygens (including phenoxy) is 1. The largest absolute Gasteiger partial charge is 0.497 e. The Hall–Kier alpha value is -3.94. The van der Waals surface area contributed by atoms with Crippen LogP contribution in [0.1, 0.15) is 41.5 Å². The van der Waals surface area contributed by atoms with E-state index in [0.717, 1.165) is 11.3 Å². The van der Waals surface area contributed by atoms with Crippen LogP contribution in [-0.4, -0.2) is 32.8 Å². The van der Waals surface area contributed by atoms with Gasteiger partial charge in [0, 0.05) is 22.9 Å². The van der Waals surface area contributed by atoms with Crippen LogP contribution >= 0.6 is 0 Å². The number of anilines is 1. The van der Waals surface area contributed by atoms with Crippen molar-refractivity contribution >= 4 is 22.6 Å². The van der Waals surface area contributed by atoms with Crippen LogP contribution < -0.4 is 15.6 Å². The van der Waals surface area contributed by atoms with Crippen LogP contribution in [0.3, 0.4) is 0 Å². The van der Waals surface area contributed by atoms with E-state index in [2.05, 4.69) is 20.5 Å².